The highest BCUT2D eigenvalue weighted by Gasteiger charge is 1.83. The van der Waals surface area contributed by atoms with Gasteiger partial charge in [-0.25, -0.2) is 0 Å². The van der Waals surface area contributed by atoms with Crippen molar-refractivity contribution in [2.45, 2.75) is 13.8 Å². The minimum atomic E-state index is 0.213. The largest absolute Gasteiger partial charge is 0.508 e. The Morgan fingerprint density at radius 3 is 2.20 bits per heavy atom. The molecular formula is C8H13NO. The van der Waals surface area contributed by atoms with Crippen LogP contribution in [0.15, 0.2) is 24.3 Å². The zero-order valence-corrected chi connectivity index (χ0v) is 6.33. The van der Waals surface area contributed by atoms with Gasteiger partial charge in [0, 0.05) is 11.8 Å². The first-order chi connectivity index (χ1) is 4.79. The van der Waals surface area contributed by atoms with Crippen LogP contribution in [-0.4, -0.2) is 5.11 Å². The van der Waals surface area contributed by atoms with Crippen molar-refractivity contribution < 1.29 is 5.11 Å². The van der Waals surface area contributed by atoms with Gasteiger partial charge in [0.25, 0.3) is 0 Å². The number of anilines is 1. The van der Waals surface area contributed by atoms with Crippen molar-refractivity contribution in [2.75, 3.05) is 5.73 Å². The normalized spacial score (nSPS) is 7.80. The Kier molecular flexibility index (Phi) is 4.12. The van der Waals surface area contributed by atoms with Gasteiger partial charge in [0.1, 0.15) is 5.75 Å². The summed E-state index contributed by atoms with van der Waals surface area (Å²) in [4.78, 5) is 0. The standard InChI is InChI=1S/C6H7NO.C2H6/c7-5-2-1-3-6(8)4-5;1-2/h1-4,8H,7H2;1-2H3. The van der Waals surface area contributed by atoms with Crippen LogP contribution in [0.3, 0.4) is 0 Å². The fraction of sp³-hybridized carbons (Fsp3) is 0.250. The average Bonchev–Trinajstić information content (AvgIpc) is 1.91. The number of phenols is 1. The second-order valence-corrected chi connectivity index (χ2v) is 1.59. The molecule has 0 atom stereocenters. The van der Waals surface area contributed by atoms with Gasteiger partial charge in [-0.15, -0.1) is 0 Å². The molecule has 3 N–H and O–H groups in total. The van der Waals surface area contributed by atoms with Crippen LogP contribution in [-0.2, 0) is 0 Å². The van der Waals surface area contributed by atoms with Gasteiger partial charge in [-0.05, 0) is 12.1 Å². The highest BCUT2D eigenvalue weighted by molar-refractivity contribution is 5.42. The third kappa shape index (κ3) is 2.97. The van der Waals surface area contributed by atoms with E-state index in [2.05, 4.69) is 0 Å². The van der Waals surface area contributed by atoms with Gasteiger partial charge >= 0.3 is 0 Å². The summed E-state index contributed by atoms with van der Waals surface area (Å²) in [7, 11) is 0. The molecule has 1 aromatic rings. The van der Waals surface area contributed by atoms with Crippen molar-refractivity contribution in [2.24, 2.45) is 0 Å². The van der Waals surface area contributed by atoms with Crippen molar-refractivity contribution in [3.8, 4) is 5.75 Å². The smallest absolute Gasteiger partial charge is 0.117 e. The SMILES string of the molecule is CC.Nc1cccc(O)c1. The first-order valence-electron chi connectivity index (χ1n) is 3.33. The van der Waals surface area contributed by atoms with Crippen LogP contribution in [0.4, 0.5) is 5.69 Å². The van der Waals surface area contributed by atoms with Crippen LogP contribution in [0.5, 0.6) is 5.75 Å². The predicted molar refractivity (Wildman–Crippen MR) is 43.9 cm³/mol. The van der Waals surface area contributed by atoms with E-state index >= 15 is 0 Å². The summed E-state index contributed by atoms with van der Waals surface area (Å²) in [6.45, 7) is 4.00. The average molecular weight is 139 g/mol. The molecule has 0 saturated carbocycles. The lowest BCUT2D eigenvalue weighted by Crippen LogP contribution is -1.80. The topological polar surface area (TPSA) is 46.2 Å². The molecule has 0 aliphatic rings. The number of nitrogen functional groups attached to an aromatic ring is 1. The van der Waals surface area contributed by atoms with E-state index in [9.17, 15) is 0 Å². The summed E-state index contributed by atoms with van der Waals surface area (Å²) in [5.74, 6) is 0.213. The van der Waals surface area contributed by atoms with Crippen molar-refractivity contribution in [3.05, 3.63) is 24.3 Å². The van der Waals surface area contributed by atoms with E-state index in [4.69, 9.17) is 10.8 Å². The van der Waals surface area contributed by atoms with E-state index in [-0.39, 0.29) is 5.75 Å². The van der Waals surface area contributed by atoms with Gasteiger partial charge in [-0.1, -0.05) is 19.9 Å². The Labute approximate surface area is 61.3 Å². The van der Waals surface area contributed by atoms with Crippen LogP contribution < -0.4 is 5.73 Å². The maximum atomic E-state index is 8.73. The Hall–Kier alpha value is -1.18. The van der Waals surface area contributed by atoms with E-state index in [1.54, 1.807) is 18.2 Å². The maximum absolute atomic E-state index is 8.73. The van der Waals surface area contributed by atoms with E-state index < -0.39 is 0 Å². The second kappa shape index (κ2) is 4.68. The van der Waals surface area contributed by atoms with Crippen LogP contribution in [0.25, 0.3) is 0 Å². The summed E-state index contributed by atoms with van der Waals surface area (Å²) >= 11 is 0. The lowest BCUT2D eigenvalue weighted by Gasteiger charge is -1.90. The van der Waals surface area contributed by atoms with Gasteiger partial charge in [0.05, 0.1) is 0 Å². The number of nitrogens with two attached hydrogens (primary N) is 1. The predicted octanol–water partition coefficient (Wildman–Crippen LogP) is 2.00. The molecular weight excluding hydrogens is 126 g/mol. The third-order valence-corrected chi connectivity index (χ3v) is 0.870. The fourth-order valence-electron chi connectivity index (χ4n) is 0.525. The summed E-state index contributed by atoms with van der Waals surface area (Å²) in [5, 5.41) is 8.73. The van der Waals surface area contributed by atoms with Crippen molar-refractivity contribution in [3.63, 3.8) is 0 Å². The molecule has 56 valence electrons. The van der Waals surface area contributed by atoms with E-state index in [1.165, 1.54) is 6.07 Å². The lowest BCUT2D eigenvalue weighted by atomic mass is 10.3. The molecule has 1 rings (SSSR count). The summed E-state index contributed by atoms with van der Waals surface area (Å²) in [6, 6.07) is 6.50. The summed E-state index contributed by atoms with van der Waals surface area (Å²) in [6.07, 6.45) is 0. The first-order valence-corrected chi connectivity index (χ1v) is 3.33. The summed E-state index contributed by atoms with van der Waals surface area (Å²) < 4.78 is 0. The molecule has 0 aromatic heterocycles. The number of rotatable bonds is 0. The molecule has 0 aliphatic heterocycles. The molecule has 0 saturated heterocycles. The Morgan fingerprint density at radius 2 is 1.90 bits per heavy atom. The molecule has 0 radical (unpaired) electrons. The number of phenolic OH excluding ortho intramolecular Hbond substituents is 1. The molecule has 0 fully saturated rings. The second-order valence-electron chi connectivity index (χ2n) is 1.59. The van der Waals surface area contributed by atoms with Crippen molar-refractivity contribution in [1.82, 2.24) is 0 Å². The molecule has 0 bridgehead atoms. The van der Waals surface area contributed by atoms with Crippen molar-refractivity contribution in [1.29, 1.82) is 0 Å². The van der Waals surface area contributed by atoms with E-state index in [0.717, 1.165) is 0 Å². The van der Waals surface area contributed by atoms with Crippen LogP contribution in [0.1, 0.15) is 13.8 Å². The first kappa shape index (κ1) is 8.82. The Bertz CT molecular complexity index is 169. The molecule has 2 nitrogen and oxygen atoms in total. The lowest BCUT2D eigenvalue weighted by molar-refractivity contribution is 0.475. The highest BCUT2D eigenvalue weighted by Crippen LogP contribution is 2.10. The molecule has 0 heterocycles. The van der Waals surface area contributed by atoms with Gasteiger partial charge in [-0.2, -0.15) is 0 Å². The zero-order chi connectivity index (χ0) is 7.98. The number of hydrogen-bond acceptors (Lipinski definition) is 2. The van der Waals surface area contributed by atoms with Crippen LogP contribution >= 0.6 is 0 Å². The number of benzene rings is 1. The van der Waals surface area contributed by atoms with Gasteiger partial charge in [-0.3, -0.25) is 0 Å². The van der Waals surface area contributed by atoms with Gasteiger partial charge in [0.2, 0.25) is 0 Å². The highest BCUT2D eigenvalue weighted by atomic mass is 16.3. The van der Waals surface area contributed by atoms with Crippen molar-refractivity contribution >= 4 is 5.69 Å². The minimum absolute atomic E-state index is 0.213. The summed E-state index contributed by atoms with van der Waals surface area (Å²) in [5.41, 5.74) is 5.89. The van der Waals surface area contributed by atoms with Gasteiger partial charge < -0.3 is 10.8 Å². The Morgan fingerprint density at radius 1 is 1.30 bits per heavy atom. The molecule has 10 heavy (non-hydrogen) atoms. The monoisotopic (exact) mass is 139 g/mol. The molecule has 2 heteroatoms. The van der Waals surface area contributed by atoms with E-state index in [1.807, 2.05) is 13.8 Å². The molecule has 0 unspecified atom stereocenters. The fourth-order valence-corrected chi connectivity index (χ4v) is 0.525. The zero-order valence-electron chi connectivity index (χ0n) is 6.33. The third-order valence-electron chi connectivity index (χ3n) is 0.870. The van der Waals surface area contributed by atoms with Crippen LogP contribution in [0.2, 0.25) is 0 Å². The molecule has 1 aromatic carbocycles. The Balaban J connectivity index is 0.000000371. The maximum Gasteiger partial charge on any atom is 0.117 e. The number of hydrogen-bond donors (Lipinski definition) is 2. The molecule has 0 spiro atoms. The molecule has 0 aliphatic carbocycles. The minimum Gasteiger partial charge on any atom is -0.508 e. The number of aromatic hydroxyl groups is 1. The quantitative estimate of drug-likeness (QED) is 0.540. The molecule has 0 amide bonds. The van der Waals surface area contributed by atoms with Crippen LogP contribution in [0, 0.1) is 0 Å². The van der Waals surface area contributed by atoms with E-state index in [0.29, 0.717) is 5.69 Å². The van der Waals surface area contributed by atoms with Gasteiger partial charge in [0.15, 0.2) is 0 Å².